The summed E-state index contributed by atoms with van der Waals surface area (Å²) < 4.78 is 29.1. The molecule has 1 amide bonds. The minimum absolute atomic E-state index is 0.0206. The number of nitrogens with zero attached hydrogens (tertiary/aromatic N) is 2. The van der Waals surface area contributed by atoms with E-state index < -0.39 is 14.8 Å². The molecular formula is C17H22N2O6S. The van der Waals surface area contributed by atoms with E-state index in [1.807, 2.05) is 0 Å². The molecule has 1 aromatic rings. The van der Waals surface area contributed by atoms with Crippen LogP contribution in [0.25, 0.3) is 0 Å². The third-order valence-corrected chi connectivity index (χ3v) is 6.77. The Hall–Kier alpha value is -2.16. The number of non-ortho nitro benzene ring substituents is 1. The number of nitro groups is 1. The van der Waals surface area contributed by atoms with E-state index in [0.29, 0.717) is 12.2 Å². The zero-order valence-corrected chi connectivity index (χ0v) is 15.2. The van der Waals surface area contributed by atoms with Crippen LogP contribution in [0.5, 0.6) is 5.75 Å². The van der Waals surface area contributed by atoms with Crippen molar-refractivity contribution in [3.05, 3.63) is 34.4 Å². The van der Waals surface area contributed by atoms with Crippen LogP contribution in [0.15, 0.2) is 24.3 Å². The maximum Gasteiger partial charge on any atom is 0.269 e. The lowest BCUT2D eigenvalue weighted by Crippen LogP contribution is -2.48. The third-order valence-electron chi connectivity index (χ3n) is 5.02. The Morgan fingerprint density at radius 2 is 1.81 bits per heavy atom. The second-order valence-electron chi connectivity index (χ2n) is 6.84. The number of amides is 1. The Labute approximate surface area is 152 Å². The van der Waals surface area contributed by atoms with Crippen molar-refractivity contribution in [1.29, 1.82) is 0 Å². The monoisotopic (exact) mass is 382 g/mol. The van der Waals surface area contributed by atoms with Crippen LogP contribution in [0.4, 0.5) is 5.69 Å². The van der Waals surface area contributed by atoms with Gasteiger partial charge in [0.25, 0.3) is 11.6 Å². The first-order chi connectivity index (χ1) is 12.4. The van der Waals surface area contributed by atoms with Crippen molar-refractivity contribution >= 4 is 21.4 Å². The first kappa shape index (κ1) is 18.6. The molecule has 1 heterocycles. The standard InChI is InChI=1S/C17H22N2O6S/c20-17(11-25-16-7-5-14(6-8-16)19(21)22)18(13-3-1-2-4-13)15-9-10-26(23,24)12-15/h5-8,13,15H,1-4,9-12H2/t15-/m1/s1. The van der Waals surface area contributed by atoms with E-state index >= 15 is 0 Å². The number of sulfone groups is 1. The molecule has 1 aliphatic heterocycles. The van der Waals surface area contributed by atoms with Crippen molar-refractivity contribution in [2.45, 2.75) is 44.2 Å². The number of nitro benzene ring substituents is 1. The van der Waals surface area contributed by atoms with Crippen LogP contribution in [-0.2, 0) is 14.6 Å². The minimum atomic E-state index is -3.08. The summed E-state index contributed by atoms with van der Waals surface area (Å²) in [4.78, 5) is 24.7. The van der Waals surface area contributed by atoms with Gasteiger partial charge in [0, 0.05) is 24.2 Å². The van der Waals surface area contributed by atoms with Gasteiger partial charge in [-0.1, -0.05) is 12.8 Å². The Morgan fingerprint density at radius 3 is 2.35 bits per heavy atom. The minimum Gasteiger partial charge on any atom is -0.484 e. The van der Waals surface area contributed by atoms with Crippen molar-refractivity contribution in [2.24, 2.45) is 0 Å². The van der Waals surface area contributed by atoms with Gasteiger partial charge in [-0.25, -0.2) is 8.42 Å². The summed E-state index contributed by atoms with van der Waals surface area (Å²) in [5, 5.41) is 10.7. The van der Waals surface area contributed by atoms with Gasteiger partial charge in [-0.15, -0.1) is 0 Å². The van der Waals surface area contributed by atoms with Gasteiger partial charge in [-0.3, -0.25) is 14.9 Å². The molecule has 0 spiro atoms. The van der Waals surface area contributed by atoms with Crippen molar-refractivity contribution in [3.63, 3.8) is 0 Å². The first-order valence-electron chi connectivity index (χ1n) is 8.74. The summed E-state index contributed by atoms with van der Waals surface area (Å²) in [6.45, 7) is -0.204. The molecule has 8 nitrogen and oxygen atoms in total. The van der Waals surface area contributed by atoms with Gasteiger partial charge in [0.15, 0.2) is 16.4 Å². The molecular weight excluding hydrogens is 360 g/mol. The Balaban J connectivity index is 1.66. The molecule has 2 fully saturated rings. The highest BCUT2D eigenvalue weighted by atomic mass is 32.2. The zero-order chi connectivity index (χ0) is 18.7. The molecule has 26 heavy (non-hydrogen) atoms. The summed E-state index contributed by atoms with van der Waals surface area (Å²) in [5.41, 5.74) is -0.0487. The predicted octanol–water partition coefficient (Wildman–Crippen LogP) is 1.93. The number of hydrogen-bond donors (Lipinski definition) is 0. The van der Waals surface area contributed by atoms with Crippen molar-refractivity contribution in [3.8, 4) is 5.75 Å². The molecule has 3 rings (SSSR count). The third kappa shape index (κ3) is 4.32. The average molecular weight is 382 g/mol. The Kier molecular flexibility index (Phi) is 5.45. The fraction of sp³-hybridized carbons (Fsp3) is 0.588. The normalized spacial score (nSPS) is 22.2. The molecule has 0 unspecified atom stereocenters. The maximum absolute atomic E-state index is 12.8. The van der Waals surface area contributed by atoms with Crippen LogP contribution in [0.3, 0.4) is 0 Å². The van der Waals surface area contributed by atoms with Gasteiger partial charge in [0.1, 0.15) is 5.75 Å². The number of benzene rings is 1. The second-order valence-corrected chi connectivity index (χ2v) is 9.06. The van der Waals surface area contributed by atoms with Gasteiger partial charge >= 0.3 is 0 Å². The van der Waals surface area contributed by atoms with Crippen LogP contribution >= 0.6 is 0 Å². The molecule has 2 aliphatic rings. The summed E-state index contributed by atoms with van der Waals surface area (Å²) >= 11 is 0. The smallest absolute Gasteiger partial charge is 0.269 e. The molecule has 142 valence electrons. The van der Waals surface area contributed by atoms with Gasteiger partial charge in [0.2, 0.25) is 0 Å². The van der Waals surface area contributed by atoms with Crippen LogP contribution in [0.2, 0.25) is 0 Å². The van der Waals surface area contributed by atoms with Crippen molar-refractivity contribution < 1.29 is 22.9 Å². The molecule has 0 bridgehead atoms. The summed E-state index contributed by atoms with van der Waals surface area (Å²) in [7, 11) is -3.08. The number of ether oxygens (including phenoxy) is 1. The first-order valence-corrected chi connectivity index (χ1v) is 10.6. The number of carbonyl (C=O) groups excluding carboxylic acids is 1. The quantitative estimate of drug-likeness (QED) is 0.550. The Bertz CT molecular complexity index is 771. The molecule has 9 heteroatoms. The van der Waals surface area contributed by atoms with E-state index in [4.69, 9.17) is 4.74 Å². The van der Waals surface area contributed by atoms with Gasteiger partial charge in [-0.2, -0.15) is 0 Å². The maximum atomic E-state index is 12.8. The van der Waals surface area contributed by atoms with Crippen molar-refractivity contribution in [2.75, 3.05) is 18.1 Å². The van der Waals surface area contributed by atoms with E-state index in [-0.39, 0.29) is 41.8 Å². The lowest BCUT2D eigenvalue weighted by molar-refractivity contribution is -0.384. The van der Waals surface area contributed by atoms with Crippen molar-refractivity contribution in [1.82, 2.24) is 4.90 Å². The fourth-order valence-electron chi connectivity index (χ4n) is 3.77. The molecule has 1 aromatic carbocycles. The van der Waals surface area contributed by atoms with E-state index in [1.165, 1.54) is 24.3 Å². The highest BCUT2D eigenvalue weighted by Gasteiger charge is 2.39. The van der Waals surface area contributed by atoms with Gasteiger partial charge in [-0.05, 0) is 31.4 Å². The van der Waals surface area contributed by atoms with Crippen LogP contribution in [0, 0.1) is 10.1 Å². The highest BCUT2D eigenvalue weighted by molar-refractivity contribution is 7.91. The number of rotatable bonds is 6. The SMILES string of the molecule is O=C(COc1ccc([N+](=O)[O-])cc1)N(C1CCCC1)[C@@H]1CCS(=O)(=O)C1. The van der Waals surface area contributed by atoms with Gasteiger partial charge in [0.05, 0.1) is 16.4 Å². The molecule has 0 aromatic heterocycles. The van der Waals surface area contributed by atoms with E-state index in [1.54, 1.807) is 4.90 Å². The van der Waals surface area contributed by atoms with E-state index in [9.17, 15) is 23.3 Å². The van der Waals surface area contributed by atoms with Crippen LogP contribution in [0.1, 0.15) is 32.1 Å². The zero-order valence-electron chi connectivity index (χ0n) is 14.4. The van der Waals surface area contributed by atoms with Gasteiger partial charge < -0.3 is 9.64 Å². The molecule has 1 atom stereocenters. The summed E-state index contributed by atoms with van der Waals surface area (Å²) in [6, 6.07) is 5.32. The molecule has 0 N–H and O–H groups in total. The lowest BCUT2D eigenvalue weighted by atomic mass is 10.1. The summed E-state index contributed by atoms with van der Waals surface area (Å²) in [6.07, 6.45) is 4.33. The number of carbonyl (C=O) groups is 1. The van der Waals surface area contributed by atoms with Crippen LogP contribution in [-0.4, -0.2) is 54.3 Å². The molecule has 1 aliphatic carbocycles. The molecule has 0 radical (unpaired) electrons. The van der Waals surface area contributed by atoms with E-state index in [2.05, 4.69) is 0 Å². The molecule has 1 saturated carbocycles. The predicted molar refractivity (Wildman–Crippen MR) is 94.8 cm³/mol. The highest BCUT2D eigenvalue weighted by Crippen LogP contribution is 2.29. The van der Waals surface area contributed by atoms with Crippen LogP contribution < -0.4 is 4.74 Å². The average Bonchev–Trinajstić information content (AvgIpc) is 3.24. The topological polar surface area (TPSA) is 107 Å². The Morgan fingerprint density at radius 1 is 1.15 bits per heavy atom. The molecule has 1 saturated heterocycles. The second kappa shape index (κ2) is 7.61. The lowest BCUT2D eigenvalue weighted by Gasteiger charge is -2.34. The largest absolute Gasteiger partial charge is 0.484 e. The fourth-order valence-corrected chi connectivity index (χ4v) is 5.48. The number of hydrogen-bond acceptors (Lipinski definition) is 6. The summed E-state index contributed by atoms with van der Waals surface area (Å²) in [5.74, 6) is 0.288. The van der Waals surface area contributed by atoms with E-state index in [0.717, 1.165) is 25.7 Å².